The molecule has 25 heavy (non-hydrogen) atoms. The number of hydrogen-bond acceptors (Lipinski definition) is 2. The van der Waals surface area contributed by atoms with Crippen LogP contribution in [0.25, 0.3) is 11.3 Å². The fourth-order valence-electron chi connectivity index (χ4n) is 2.78. The smallest absolute Gasteiger partial charge is 0.113 e. The van der Waals surface area contributed by atoms with Crippen molar-refractivity contribution in [2.45, 2.75) is 6.29 Å². The van der Waals surface area contributed by atoms with Gasteiger partial charge in [0.25, 0.3) is 0 Å². The number of benzene rings is 3. The quantitative estimate of drug-likeness (QED) is 0.512. The Bertz CT molecular complexity index is 882. The molecular weight excluding hydrogens is 325 g/mol. The van der Waals surface area contributed by atoms with E-state index in [1.165, 1.54) is 10.6 Å². The Hall–Kier alpha value is -2.77. The molecule has 0 N–H and O–H groups in total. The maximum atomic E-state index is 4.37. The van der Waals surface area contributed by atoms with E-state index in [1.807, 2.05) is 29.1 Å². The van der Waals surface area contributed by atoms with Gasteiger partial charge in [-0.2, -0.15) is 0 Å². The molecule has 0 spiro atoms. The summed E-state index contributed by atoms with van der Waals surface area (Å²) in [6.45, 7) is 0. The molecule has 4 heteroatoms. The normalized spacial score (nSPS) is 10.9. The topological polar surface area (TPSA) is 30.7 Å². The molecule has 0 amide bonds. The summed E-state index contributed by atoms with van der Waals surface area (Å²) in [7, 11) is -0.522. The summed E-state index contributed by atoms with van der Waals surface area (Å²) in [6, 6.07) is 31.5. The molecule has 0 unspecified atom stereocenters. The van der Waals surface area contributed by atoms with Crippen molar-refractivity contribution in [1.29, 1.82) is 0 Å². The van der Waals surface area contributed by atoms with Crippen molar-refractivity contribution >= 4 is 18.5 Å². The Balaban J connectivity index is 1.65. The van der Waals surface area contributed by atoms with Crippen molar-refractivity contribution in [3.63, 3.8) is 0 Å². The molecule has 0 bridgehead atoms. The first-order valence-corrected chi connectivity index (χ1v) is 9.76. The molecule has 0 aliphatic heterocycles. The van der Waals surface area contributed by atoms with Crippen LogP contribution in [0.2, 0.25) is 0 Å². The highest BCUT2D eigenvalue weighted by atomic mass is 31.1. The lowest BCUT2D eigenvalue weighted by Crippen LogP contribution is -2.15. The maximum absolute atomic E-state index is 4.37. The van der Waals surface area contributed by atoms with E-state index in [2.05, 4.69) is 83.1 Å². The third-order valence-corrected chi connectivity index (χ3v) is 6.45. The molecule has 1 heterocycles. The van der Waals surface area contributed by atoms with Crippen LogP contribution in [0.4, 0.5) is 0 Å². The number of aromatic nitrogens is 3. The monoisotopic (exact) mass is 343 g/mol. The summed E-state index contributed by atoms with van der Waals surface area (Å²) in [4.78, 5) is 0. The first-order valence-electron chi connectivity index (χ1n) is 8.23. The SMILES string of the molecule is c1ccc(-c2cn(CP(c3ccccc3)c3ccccc3)nn2)cc1. The van der Waals surface area contributed by atoms with E-state index >= 15 is 0 Å². The third-order valence-electron chi connectivity index (χ3n) is 4.03. The first-order chi connectivity index (χ1) is 12.4. The Morgan fingerprint density at radius 2 is 1.20 bits per heavy atom. The number of nitrogens with zero attached hydrogens (tertiary/aromatic N) is 3. The van der Waals surface area contributed by atoms with Gasteiger partial charge in [-0.15, -0.1) is 5.10 Å². The van der Waals surface area contributed by atoms with Gasteiger partial charge >= 0.3 is 0 Å². The standard InChI is InChI=1S/C21H18N3P/c1-4-10-18(11-5-1)21-16-24(23-22-21)17-25(19-12-6-2-7-13-19)20-14-8-3-9-15-20/h1-16H,17H2. The summed E-state index contributed by atoms with van der Waals surface area (Å²) >= 11 is 0. The molecule has 3 aromatic carbocycles. The highest BCUT2D eigenvalue weighted by molar-refractivity contribution is 7.72. The summed E-state index contributed by atoms with van der Waals surface area (Å²) in [5.41, 5.74) is 2.01. The molecule has 0 aliphatic carbocycles. The second-order valence-corrected chi connectivity index (χ2v) is 7.92. The lowest BCUT2D eigenvalue weighted by atomic mass is 10.2. The molecule has 0 atom stereocenters. The van der Waals surface area contributed by atoms with Gasteiger partial charge in [0.15, 0.2) is 0 Å². The van der Waals surface area contributed by atoms with E-state index in [0.29, 0.717) is 0 Å². The molecular formula is C21H18N3P. The van der Waals surface area contributed by atoms with E-state index in [4.69, 9.17) is 0 Å². The van der Waals surface area contributed by atoms with E-state index in [1.54, 1.807) is 0 Å². The van der Waals surface area contributed by atoms with Gasteiger partial charge in [0.2, 0.25) is 0 Å². The van der Waals surface area contributed by atoms with Gasteiger partial charge in [0.1, 0.15) is 5.69 Å². The van der Waals surface area contributed by atoms with E-state index in [-0.39, 0.29) is 0 Å². The third kappa shape index (κ3) is 3.67. The van der Waals surface area contributed by atoms with Crippen molar-refractivity contribution in [2.24, 2.45) is 0 Å². The minimum atomic E-state index is -0.522. The Labute approximate surface area is 148 Å². The van der Waals surface area contributed by atoms with Gasteiger partial charge in [0.05, 0.1) is 12.5 Å². The van der Waals surface area contributed by atoms with Crippen molar-refractivity contribution < 1.29 is 0 Å². The summed E-state index contributed by atoms with van der Waals surface area (Å²) in [5, 5.41) is 11.4. The highest BCUT2D eigenvalue weighted by Crippen LogP contribution is 2.35. The maximum Gasteiger partial charge on any atom is 0.113 e. The molecule has 0 saturated carbocycles. The van der Waals surface area contributed by atoms with Crippen LogP contribution < -0.4 is 10.6 Å². The van der Waals surface area contributed by atoms with E-state index < -0.39 is 7.92 Å². The summed E-state index contributed by atoms with van der Waals surface area (Å²) in [5.74, 6) is 0. The van der Waals surface area contributed by atoms with Gasteiger partial charge in [-0.1, -0.05) is 96.2 Å². The van der Waals surface area contributed by atoms with Crippen LogP contribution in [0, 0.1) is 0 Å². The van der Waals surface area contributed by atoms with Crippen LogP contribution in [0.5, 0.6) is 0 Å². The lowest BCUT2D eigenvalue weighted by molar-refractivity contribution is 0.698. The van der Waals surface area contributed by atoms with Gasteiger partial charge in [-0.3, -0.25) is 0 Å². The van der Waals surface area contributed by atoms with Crippen LogP contribution in [0.3, 0.4) is 0 Å². The minimum absolute atomic E-state index is 0.522. The van der Waals surface area contributed by atoms with Gasteiger partial charge in [0, 0.05) is 5.56 Å². The van der Waals surface area contributed by atoms with Crippen LogP contribution in [0.15, 0.2) is 97.2 Å². The van der Waals surface area contributed by atoms with Crippen molar-refractivity contribution in [2.75, 3.05) is 0 Å². The van der Waals surface area contributed by atoms with Gasteiger partial charge in [-0.05, 0) is 18.5 Å². The van der Waals surface area contributed by atoms with Crippen molar-refractivity contribution in [3.8, 4) is 11.3 Å². The lowest BCUT2D eigenvalue weighted by Gasteiger charge is -2.18. The van der Waals surface area contributed by atoms with Crippen LogP contribution in [0.1, 0.15) is 0 Å². The Morgan fingerprint density at radius 3 is 1.76 bits per heavy atom. The molecule has 3 nitrogen and oxygen atoms in total. The largest absolute Gasteiger partial charge is 0.247 e. The Kier molecular flexibility index (Phi) is 4.67. The van der Waals surface area contributed by atoms with Gasteiger partial charge in [-0.25, -0.2) is 4.68 Å². The molecule has 1 aromatic heterocycles. The summed E-state index contributed by atoms with van der Waals surface area (Å²) in [6.07, 6.45) is 2.86. The van der Waals surface area contributed by atoms with Gasteiger partial charge < -0.3 is 0 Å². The molecule has 0 radical (unpaired) electrons. The zero-order chi connectivity index (χ0) is 16.9. The molecule has 4 rings (SSSR count). The molecule has 0 fully saturated rings. The Morgan fingerprint density at radius 1 is 0.680 bits per heavy atom. The zero-order valence-electron chi connectivity index (χ0n) is 13.7. The second-order valence-electron chi connectivity index (χ2n) is 5.75. The molecule has 0 aliphatic rings. The van der Waals surface area contributed by atoms with Crippen LogP contribution in [-0.4, -0.2) is 15.0 Å². The first kappa shape index (κ1) is 15.7. The minimum Gasteiger partial charge on any atom is -0.247 e. The van der Waals surface area contributed by atoms with Crippen LogP contribution in [-0.2, 0) is 6.29 Å². The average molecular weight is 343 g/mol. The predicted molar refractivity (Wildman–Crippen MR) is 105 cm³/mol. The fourth-order valence-corrected chi connectivity index (χ4v) is 4.90. The van der Waals surface area contributed by atoms with E-state index in [0.717, 1.165) is 17.5 Å². The van der Waals surface area contributed by atoms with E-state index in [9.17, 15) is 0 Å². The zero-order valence-corrected chi connectivity index (χ0v) is 14.6. The number of hydrogen-bond donors (Lipinski definition) is 0. The average Bonchev–Trinajstić information content (AvgIpc) is 3.17. The molecule has 4 aromatic rings. The molecule has 0 saturated heterocycles. The molecule has 122 valence electrons. The highest BCUT2D eigenvalue weighted by Gasteiger charge is 2.15. The predicted octanol–water partition coefficient (Wildman–Crippen LogP) is 4.04. The van der Waals surface area contributed by atoms with Crippen molar-refractivity contribution in [3.05, 3.63) is 97.2 Å². The second kappa shape index (κ2) is 7.42. The summed E-state index contributed by atoms with van der Waals surface area (Å²) < 4.78 is 1.97. The number of rotatable bonds is 5. The van der Waals surface area contributed by atoms with Crippen molar-refractivity contribution in [1.82, 2.24) is 15.0 Å². The fraction of sp³-hybridized carbons (Fsp3) is 0.0476. The van der Waals surface area contributed by atoms with Crippen LogP contribution >= 0.6 is 7.92 Å².